The van der Waals surface area contributed by atoms with E-state index < -0.39 is 33.1 Å². The summed E-state index contributed by atoms with van der Waals surface area (Å²) in [6.45, 7) is 5.09. The first-order valence-electron chi connectivity index (χ1n) is 18.1. The summed E-state index contributed by atoms with van der Waals surface area (Å²) in [6.07, 6.45) is 11.3. The van der Waals surface area contributed by atoms with Gasteiger partial charge in [-0.3, -0.25) is 9.78 Å². The standard InChI is InChI=1S/C40H48ClN3O7S/c1-25-7-5-16-40(46,31-17-30(20-42-21-31)38(49-3)50-4)34-12-9-29(34)22-44-23-39(15-6-8-27-18-32(41)11-13-33(27)39)24-51-36-14-10-28(19-35(36)44)37(45)43-52(47,48)26(25)2/h5,10-11,13-14,16-21,25-26,29,34,38,46H,6-9,12,15,22-24H2,1-4H3,(H,43,45)/b16-5-/t25-,26+,29-,34+,39-,40+/m0/s1. The molecular formula is C40H48ClN3O7S. The number of ether oxygens (including phenoxy) is 3. The van der Waals surface area contributed by atoms with Crippen LogP contribution in [-0.4, -0.2) is 63.6 Å². The molecule has 1 saturated carbocycles. The molecule has 1 fully saturated rings. The van der Waals surface area contributed by atoms with Gasteiger partial charge in [0.2, 0.25) is 10.0 Å². The Morgan fingerprint density at radius 2 is 1.90 bits per heavy atom. The minimum atomic E-state index is -4.04. The van der Waals surface area contributed by atoms with Gasteiger partial charge in [0.05, 0.1) is 17.5 Å². The quantitative estimate of drug-likeness (QED) is 0.228. The Morgan fingerprint density at radius 1 is 1.10 bits per heavy atom. The number of anilines is 1. The number of hydrogen-bond acceptors (Lipinski definition) is 9. The van der Waals surface area contributed by atoms with E-state index in [1.165, 1.54) is 11.1 Å². The van der Waals surface area contributed by atoms with Crippen molar-refractivity contribution in [2.24, 2.45) is 17.8 Å². The maximum atomic E-state index is 13.6. The smallest absolute Gasteiger partial charge is 0.264 e. The summed E-state index contributed by atoms with van der Waals surface area (Å²) in [5.41, 5.74) is 2.94. The first-order valence-corrected chi connectivity index (χ1v) is 20.1. The second-order valence-corrected chi connectivity index (χ2v) is 17.6. The molecule has 1 amide bonds. The van der Waals surface area contributed by atoms with E-state index in [0.29, 0.717) is 48.0 Å². The number of rotatable bonds is 4. The molecule has 1 aromatic heterocycles. The Morgan fingerprint density at radius 3 is 2.65 bits per heavy atom. The first kappa shape index (κ1) is 36.9. The molecule has 0 unspecified atom stereocenters. The van der Waals surface area contributed by atoms with Gasteiger partial charge in [-0.15, -0.1) is 0 Å². The van der Waals surface area contributed by atoms with Crippen molar-refractivity contribution >= 4 is 33.2 Å². The van der Waals surface area contributed by atoms with Gasteiger partial charge in [-0.1, -0.05) is 36.7 Å². The summed E-state index contributed by atoms with van der Waals surface area (Å²) in [6, 6.07) is 13.2. The van der Waals surface area contributed by atoms with Gasteiger partial charge in [-0.2, -0.15) is 0 Å². The van der Waals surface area contributed by atoms with Crippen molar-refractivity contribution in [1.29, 1.82) is 0 Å². The van der Waals surface area contributed by atoms with Crippen molar-refractivity contribution in [3.05, 3.63) is 99.9 Å². The lowest BCUT2D eigenvalue weighted by molar-refractivity contribution is -0.106. The molecule has 4 aliphatic rings. The fourth-order valence-corrected chi connectivity index (χ4v) is 10.2. The zero-order valence-corrected chi connectivity index (χ0v) is 31.8. The van der Waals surface area contributed by atoms with Gasteiger partial charge in [-0.05, 0) is 105 Å². The third-order valence-corrected chi connectivity index (χ3v) is 14.2. The molecule has 0 radical (unpaired) electrons. The van der Waals surface area contributed by atoms with E-state index in [2.05, 4.69) is 26.7 Å². The number of amides is 1. The van der Waals surface area contributed by atoms with Crippen LogP contribution in [0, 0.1) is 17.8 Å². The Bertz CT molecular complexity index is 1970. The summed E-state index contributed by atoms with van der Waals surface area (Å²) in [7, 11) is -0.919. The van der Waals surface area contributed by atoms with Gasteiger partial charge in [0.1, 0.15) is 11.4 Å². The van der Waals surface area contributed by atoms with Crippen LogP contribution in [0.4, 0.5) is 5.69 Å². The lowest BCUT2D eigenvalue weighted by atomic mass is 9.62. The predicted octanol–water partition coefficient (Wildman–Crippen LogP) is 6.46. The van der Waals surface area contributed by atoms with E-state index in [9.17, 15) is 18.3 Å². The molecule has 2 bridgehead atoms. The highest BCUT2D eigenvalue weighted by atomic mass is 35.5. The van der Waals surface area contributed by atoms with Gasteiger partial charge >= 0.3 is 0 Å². The number of nitrogens with zero attached hydrogens (tertiary/aromatic N) is 2. The maximum Gasteiger partial charge on any atom is 0.264 e. The largest absolute Gasteiger partial charge is 0.490 e. The molecule has 2 aromatic carbocycles. The summed E-state index contributed by atoms with van der Waals surface area (Å²) in [4.78, 5) is 20.4. The molecular weight excluding hydrogens is 702 g/mol. The summed E-state index contributed by atoms with van der Waals surface area (Å²) < 4.78 is 47.1. The molecule has 2 aliphatic heterocycles. The van der Waals surface area contributed by atoms with Gasteiger partial charge in [0.25, 0.3) is 5.91 Å². The molecule has 278 valence electrons. The Hall–Kier alpha value is -3.48. The van der Waals surface area contributed by atoms with Crippen molar-refractivity contribution in [1.82, 2.24) is 9.71 Å². The van der Waals surface area contributed by atoms with Crippen molar-refractivity contribution in [3.63, 3.8) is 0 Å². The van der Waals surface area contributed by atoms with Crippen LogP contribution in [0.1, 0.15) is 84.9 Å². The third-order valence-electron chi connectivity index (χ3n) is 12.1. The monoisotopic (exact) mass is 749 g/mol. The minimum absolute atomic E-state index is 0.0670. The molecule has 1 spiro atoms. The molecule has 3 aromatic rings. The average molecular weight is 750 g/mol. The Balaban J connectivity index is 1.35. The van der Waals surface area contributed by atoms with E-state index in [-0.39, 0.29) is 28.7 Å². The minimum Gasteiger partial charge on any atom is -0.490 e. The number of methoxy groups -OCH3 is 2. The van der Waals surface area contributed by atoms with Crippen LogP contribution in [0.25, 0.3) is 0 Å². The van der Waals surface area contributed by atoms with Crippen molar-refractivity contribution in [2.45, 2.75) is 74.9 Å². The van der Waals surface area contributed by atoms with Crippen molar-refractivity contribution in [3.8, 4) is 5.75 Å². The lowest BCUT2D eigenvalue weighted by Crippen LogP contribution is -2.51. The fraction of sp³-hybridized carbons (Fsp3) is 0.500. The van der Waals surface area contributed by atoms with Gasteiger partial charge in [-0.25, -0.2) is 13.1 Å². The molecule has 0 saturated heterocycles. The number of sulfonamides is 1. The SMILES string of the molecule is COC(OC)c1cncc([C@]2(O)/C=C\C[C@H](C)[C@@H](C)S(=O)(=O)NC(=O)c3ccc4c(c3)N(C[C@@H]3CC[C@H]32)C[C@@]2(CCCc3cc(Cl)ccc32)CO4)c1. The van der Waals surface area contributed by atoms with Crippen LogP contribution >= 0.6 is 11.6 Å². The highest BCUT2D eigenvalue weighted by Crippen LogP contribution is 2.51. The van der Waals surface area contributed by atoms with Crippen LogP contribution in [0.15, 0.2) is 67.0 Å². The summed E-state index contributed by atoms with van der Waals surface area (Å²) in [5.74, 6) is -0.506. The number of pyridine rings is 1. The van der Waals surface area contributed by atoms with E-state index in [0.717, 1.165) is 37.8 Å². The van der Waals surface area contributed by atoms with Gasteiger partial charge in [0, 0.05) is 72.7 Å². The third kappa shape index (κ3) is 6.75. The molecule has 2 aliphatic carbocycles. The molecule has 7 rings (SSSR count). The number of carbonyl (C=O) groups is 1. The number of allylic oxidation sites excluding steroid dienone is 1. The average Bonchev–Trinajstić information content (AvgIpc) is 3.26. The topological polar surface area (TPSA) is 127 Å². The van der Waals surface area contributed by atoms with Crippen LogP contribution in [0.5, 0.6) is 5.75 Å². The van der Waals surface area contributed by atoms with Crippen LogP contribution in [-0.2, 0) is 36.9 Å². The van der Waals surface area contributed by atoms with Gasteiger partial charge in [0.15, 0.2) is 6.29 Å². The second-order valence-electron chi connectivity index (χ2n) is 15.2. The highest BCUT2D eigenvalue weighted by molar-refractivity contribution is 7.90. The number of hydrogen-bond donors (Lipinski definition) is 2. The number of halogens is 1. The van der Waals surface area contributed by atoms with Crippen LogP contribution in [0.3, 0.4) is 0 Å². The number of aromatic nitrogens is 1. The van der Waals surface area contributed by atoms with Crippen molar-refractivity contribution < 1.29 is 32.5 Å². The van der Waals surface area contributed by atoms with Crippen LogP contribution in [0.2, 0.25) is 5.02 Å². The fourth-order valence-electron chi connectivity index (χ4n) is 8.75. The zero-order valence-electron chi connectivity index (χ0n) is 30.2. The number of aliphatic hydroxyl groups is 1. The van der Waals surface area contributed by atoms with E-state index >= 15 is 0 Å². The maximum absolute atomic E-state index is 13.6. The van der Waals surface area contributed by atoms with Crippen LogP contribution < -0.4 is 14.4 Å². The highest BCUT2D eigenvalue weighted by Gasteiger charge is 2.49. The Labute approximate surface area is 311 Å². The van der Waals surface area contributed by atoms with Gasteiger partial charge < -0.3 is 24.2 Å². The first-order chi connectivity index (χ1) is 24.9. The van der Waals surface area contributed by atoms with E-state index in [1.54, 1.807) is 51.7 Å². The lowest BCUT2D eigenvalue weighted by Gasteiger charge is -2.49. The zero-order chi connectivity index (χ0) is 36.8. The predicted molar refractivity (Wildman–Crippen MR) is 200 cm³/mol. The van der Waals surface area contributed by atoms with Crippen molar-refractivity contribution in [2.75, 3.05) is 38.8 Å². The number of carbonyl (C=O) groups excluding carboxylic acids is 1. The number of aryl methyl sites for hydroxylation is 1. The van der Waals surface area contributed by atoms with E-state index in [4.69, 9.17) is 25.8 Å². The molecule has 6 atom stereocenters. The molecule has 10 nitrogen and oxygen atoms in total. The summed E-state index contributed by atoms with van der Waals surface area (Å²) >= 11 is 6.47. The van der Waals surface area contributed by atoms with E-state index in [1.807, 2.05) is 31.2 Å². The second kappa shape index (κ2) is 14.4. The summed E-state index contributed by atoms with van der Waals surface area (Å²) in [5, 5.41) is 12.7. The molecule has 52 heavy (non-hydrogen) atoms. The number of fused-ring (bicyclic) bond motifs is 4. The number of nitrogens with one attached hydrogen (secondary N) is 1. The normalized spacial score (nSPS) is 30.7. The molecule has 2 N–H and O–H groups in total. The Kier molecular flexibility index (Phi) is 10.2. The molecule has 3 heterocycles. The molecule has 12 heteroatoms. The number of benzene rings is 2.